The molecule has 24 heavy (non-hydrogen) atoms. The molecule has 126 valence electrons. The molecule has 0 amide bonds. The van der Waals surface area contributed by atoms with Crippen molar-refractivity contribution in [1.29, 1.82) is 0 Å². The lowest BCUT2D eigenvalue weighted by molar-refractivity contribution is 0.414. The molecule has 4 nitrogen and oxygen atoms in total. The quantitative estimate of drug-likeness (QED) is 0.476. The van der Waals surface area contributed by atoms with Gasteiger partial charge in [-0.15, -0.1) is 0 Å². The minimum Gasteiger partial charge on any atom is -0.497 e. The van der Waals surface area contributed by atoms with Crippen molar-refractivity contribution < 1.29 is 4.74 Å². The van der Waals surface area contributed by atoms with Gasteiger partial charge in [-0.3, -0.25) is 5.43 Å². The summed E-state index contributed by atoms with van der Waals surface area (Å²) in [5.74, 6) is 1.31. The van der Waals surface area contributed by atoms with Crippen LogP contribution in [0, 0.1) is 0 Å². The van der Waals surface area contributed by atoms with Crippen molar-refractivity contribution in [2.45, 2.75) is 26.7 Å². The Morgan fingerprint density at radius 3 is 2.46 bits per heavy atom. The smallest absolute Gasteiger partial charge is 0.191 e. The maximum atomic E-state index is 5.28. The molecule has 0 aromatic heterocycles. The minimum atomic E-state index is 0.453. The first-order valence-corrected chi connectivity index (χ1v) is 8.26. The van der Waals surface area contributed by atoms with Gasteiger partial charge in [0.25, 0.3) is 0 Å². The summed E-state index contributed by atoms with van der Waals surface area (Å²) in [4.78, 5) is 0. The number of nitrogens with zero attached hydrogens (tertiary/aromatic N) is 1. The van der Waals surface area contributed by atoms with Crippen molar-refractivity contribution in [3.63, 3.8) is 0 Å². The number of rotatable bonds is 5. The Morgan fingerprint density at radius 1 is 1.12 bits per heavy atom. The van der Waals surface area contributed by atoms with E-state index in [1.54, 1.807) is 7.11 Å². The molecule has 2 aromatic carbocycles. The highest BCUT2D eigenvalue weighted by atomic mass is 32.1. The molecule has 0 unspecified atom stereocenters. The predicted octanol–water partition coefficient (Wildman–Crippen LogP) is 4.53. The van der Waals surface area contributed by atoms with Crippen molar-refractivity contribution in [2.75, 3.05) is 12.4 Å². The summed E-state index contributed by atoms with van der Waals surface area (Å²) < 4.78 is 5.22. The zero-order valence-corrected chi connectivity index (χ0v) is 15.3. The lowest BCUT2D eigenvalue weighted by atomic mass is 10.0. The van der Waals surface area contributed by atoms with Crippen LogP contribution in [0.5, 0.6) is 5.75 Å². The molecule has 0 saturated carbocycles. The predicted molar refractivity (Wildman–Crippen MR) is 105 cm³/mol. The Balaban J connectivity index is 1.96. The van der Waals surface area contributed by atoms with E-state index in [0.29, 0.717) is 11.0 Å². The van der Waals surface area contributed by atoms with E-state index in [2.05, 4.69) is 41.8 Å². The number of hydrogen-bond donors (Lipinski definition) is 2. The zero-order chi connectivity index (χ0) is 17.5. The van der Waals surface area contributed by atoms with Gasteiger partial charge in [-0.2, -0.15) is 5.10 Å². The maximum absolute atomic E-state index is 5.28. The van der Waals surface area contributed by atoms with Crippen LogP contribution in [0.25, 0.3) is 0 Å². The Bertz CT molecular complexity index is 724. The fourth-order valence-electron chi connectivity index (χ4n) is 2.16. The molecule has 0 spiro atoms. The molecule has 0 aliphatic carbocycles. The number of thiocarbonyl (C=S) groups is 1. The monoisotopic (exact) mass is 341 g/mol. The van der Waals surface area contributed by atoms with Gasteiger partial charge in [0.2, 0.25) is 0 Å². The Labute approximate surface area is 148 Å². The summed E-state index contributed by atoms with van der Waals surface area (Å²) in [6, 6.07) is 16.0. The molecule has 0 saturated heterocycles. The van der Waals surface area contributed by atoms with E-state index in [-0.39, 0.29) is 0 Å². The SMILES string of the molecule is COc1cccc(C(C)=NNC(=S)Nc2ccc(C(C)C)cc2)c1. The van der Waals surface area contributed by atoms with Crippen LogP contribution in [0.15, 0.2) is 53.6 Å². The van der Waals surface area contributed by atoms with E-state index in [9.17, 15) is 0 Å². The third-order valence-corrected chi connectivity index (χ3v) is 3.84. The van der Waals surface area contributed by atoms with Crippen molar-refractivity contribution in [1.82, 2.24) is 5.43 Å². The van der Waals surface area contributed by atoms with Crippen LogP contribution in [0.1, 0.15) is 37.8 Å². The van der Waals surface area contributed by atoms with Gasteiger partial charge in [-0.05, 0) is 54.9 Å². The zero-order valence-electron chi connectivity index (χ0n) is 14.5. The number of nitrogens with one attached hydrogen (secondary N) is 2. The molecule has 2 aromatic rings. The van der Waals surface area contributed by atoms with Gasteiger partial charge in [0.15, 0.2) is 5.11 Å². The van der Waals surface area contributed by atoms with Crippen LogP contribution < -0.4 is 15.5 Å². The van der Waals surface area contributed by atoms with Crippen LogP contribution in [0.4, 0.5) is 5.69 Å². The first kappa shape index (κ1) is 17.9. The molecule has 0 radical (unpaired) electrons. The molecule has 5 heteroatoms. The Kier molecular flexibility index (Phi) is 6.32. The normalized spacial score (nSPS) is 11.3. The first-order valence-electron chi connectivity index (χ1n) is 7.85. The van der Waals surface area contributed by atoms with Crippen molar-refractivity contribution in [3.05, 3.63) is 59.7 Å². The summed E-state index contributed by atoms with van der Waals surface area (Å²) in [6.07, 6.45) is 0. The van der Waals surface area contributed by atoms with Crippen LogP contribution in [0.2, 0.25) is 0 Å². The van der Waals surface area contributed by atoms with E-state index in [1.165, 1.54) is 5.56 Å². The Morgan fingerprint density at radius 2 is 1.83 bits per heavy atom. The average molecular weight is 341 g/mol. The molecule has 0 aliphatic heterocycles. The second-order valence-electron chi connectivity index (χ2n) is 5.77. The van der Waals surface area contributed by atoms with E-state index in [4.69, 9.17) is 17.0 Å². The number of anilines is 1. The number of ether oxygens (including phenoxy) is 1. The van der Waals surface area contributed by atoms with Gasteiger partial charge < -0.3 is 10.1 Å². The molecule has 0 fully saturated rings. The lowest BCUT2D eigenvalue weighted by Gasteiger charge is -2.10. The number of hydrazone groups is 1. The van der Waals surface area contributed by atoms with Gasteiger partial charge in [0.1, 0.15) is 5.75 Å². The molecule has 0 aliphatic rings. The maximum Gasteiger partial charge on any atom is 0.191 e. The minimum absolute atomic E-state index is 0.453. The van der Waals surface area contributed by atoms with Gasteiger partial charge in [-0.25, -0.2) is 0 Å². The second-order valence-corrected chi connectivity index (χ2v) is 6.18. The topological polar surface area (TPSA) is 45.6 Å². The van der Waals surface area contributed by atoms with E-state index >= 15 is 0 Å². The van der Waals surface area contributed by atoms with E-state index in [0.717, 1.165) is 22.7 Å². The number of benzene rings is 2. The number of hydrogen-bond acceptors (Lipinski definition) is 3. The fraction of sp³-hybridized carbons (Fsp3) is 0.263. The highest BCUT2D eigenvalue weighted by molar-refractivity contribution is 7.80. The van der Waals surface area contributed by atoms with Crippen molar-refractivity contribution >= 4 is 28.7 Å². The van der Waals surface area contributed by atoms with Gasteiger partial charge in [0.05, 0.1) is 12.8 Å². The van der Waals surface area contributed by atoms with Crippen LogP contribution in [-0.2, 0) is 0 Å². The Hall–Kier alpha value is -2.40. The van der Waals surface area contributed by atoms with Crippen molar-refractivity contribution in [2.24, 2.45) is 5.10 Å². The van der Waals surface area contributed by atoms with Gasteiger partial charge in [0, 0.05) is 11.3 Å². The molecule has 2 N–H and O–H groups in total. The molecule has 2 rings (SSSR count). The molecular formula is C19H23N3OS. The van der Waals surface area contributed by atoms with E-state index in [1.807, 2.05) is 43.3 Å². The van der Waals surface area contributed by atoms with Crippen molar-refractivity contribution in [3.8, 4) is 5.75 Å². The summed E-state index contributed by atoms with van der Waals surface area (Å²) in [5.41, 5.74) is 6.91. The van der Waals surface area contributed by atoms with Crippen LogP contribution >= 0.6 is 12.2 Å². The fourth-order valence-corrected chi connectivity index (χ4v) is 2.32. The molecule has 0 heterocycles. The summed E-state index contributed by atoms with van der Waals surface area (Å²) >= 11 is 5.28. The van der Waals surface area contributed by atoms with Crippen LogP contribution in [-0.4, -0.2) is 17.9 Å². The van der Waals surface area contributed by atoms with Gasteiger partial charge >= 0.3 is 0 Å². The van der Waals surface area contributed by atoms with Gasteiger partial charge in [-0.1, -0.05) is 38.1 Å². The highest BCUT2D eigenvalue weighted by Gasteiger charge is 2.02. The standard InChI is InChI=1S/C19H23N3OS/c1-13(2)15-8-10-17(11-9-15)20-19(24)22-21-14(3)16-6-5-7-18(12-16)23-4/h5-13H,1-4H3,(H2,20,22,24). The summed E-state index contributed by atoms with van der Waals surface area (Å²) in [5, 5.41) is 7.90. The third kappa shape index (κ3) is 5.06. The first-order chi connectivity index (χ1) is 11.5. The van der Waals surface area contributed by atoms with E-state index < -0.39 is 0 Å². The summed E-state index contributed by atoms with van der Waals surface area (Å²) in [7, 11) is 1.65. The summed E-state index contributed by atoms with van der Waals surface area (Å²) in [6.45, 7) is 6.26. The third-order valence-electron chi connectivity index (χ3n) is 3.65. The number of methoxy groups -OCH3 is 1. The van der Waals surface area contributed by atoms with Crippen LogP contribution in [0.3, 0.4) is 0 Å². The second kappa shape index (κ2) is 8.45. The highest BCUT2D eigenvalue weighted by Crippen LogP contribution is 2.17. The largest absolute Gasteiger partial charge is 0.497 e. The average Bonchev–Trinajstić information content (AvgIpc) is 2.60. The molecule has 0 atom stereocenters. The molecular weight excluding hydrogens is 318 g/mol. The molecule has 0 bridgehead atoms. The lowest BCUT2D eigenvalue weighted by Crippen LogP contribution is -2.24.